The van der Waals surface area contributed by atoms with Crippen molar-refractivity contribution in [3.63, 3.8) is 0 Å². The molecule has 2 rings (SSSR count). The van der Waals surface area contributed by atoms with Crippen molar-refractivity contribution in [1.82, 2.24) is 10.2 Å². The van der Waals surface area contributed by atoms with Crippen molar-refractivity contribution in [3.8, 4) is 0 Å². The van der Waals surface area contributed by atoms with Gasteiger partial charge in [-0.3, -0.25) is 0 Å². The topological polar surface area (TPSA) is 41.6 Å². The van der Waals surface area contributed by atoms with Crippen LogP contribution in [0.1, 0.15) is 19.4 Å². The molecule has 0 aliphatic carbocycles. The van der Waals surface area contributed by atoms with Gasteiger partial charge in [0.2, 0.25) is 0 Å². The van der Waals surface area contributed by atoms with Crippen molar-refractivity contribution in [2.24, 2.45) is 5.92 Å². The highest BCUT2D eigenvalue weighted by Crippen LogP contribution is 2.14. The first-order valence-electron chi connectivity index (χ1n) is 6.86. The highest BCUT2D eigenvalue weighted by molar-refractivity contribution is 5.85. The molecule has 1 N–H and O–H groups in total. The molecule has 4 nitrogen and oxygen atoms in total. The largest absolute Gasteiger partial charge is 0.445 e. The first-order chi connectivity index (χ1) is 9.18. The minimum absolute atomic E-state index is 0. The lowest BCUT2D eigenvalue weighted by molar-refractivity contribution is 0.0612. The third-order valence-electron chi connectivity index (χ3n) is 3.49. The molecule has 0 saturated carbocycles. The molecule has 1 aromatic carbocycles. The Morgan fingerprint density at radius 3 is 2.75 bits per heavy atom. The second-order valence-corrected chi connectivity index (χ2v) is 5.25. The molecule has 1 amide bonds. The first-order valence-corrected chi connectivity index (χ1v) is 6.86. The zero-order chi connectivity index (χ0) is 13.7. The Labute approximate surface area is 126 Å². The maximum absolute atomic E-state index is 12.2. The quantitative estimate of drug-likeness (QED) is 0.933. The van der Waals surface area contributed by atoms with Gasteiger partial charge < -0.3 is 15.0 Å². The minimum Gasteiger partial charge on any atom is -0.445 e. The molecule has 0 radical (unpaired) electrons. The van der Waals surface area contributed by atoms with Crippen LogP contribution < -0.4 is 5.32 Å². The molecule has 0 spiro atoms. The van der Waals surface area contributed by atoms with Gasteiger partial charge in [-0.25, -0.2) is 4.79 Å². The average molecular weight is 299 g/mol. The van der Waals surface area contributed by atoms with Crippen LogP contribution in [-0.4, -0.2) is 36.7 Å². The molecular weight excluding hydrogens is 276 g/mol. The van der Waals surface area contributed by atoms with E-state index < -0.39 is 0 Å². The number of ether oxygens (including phenoxy) is 1. The Morgan fingerprint density at radius 1 is 1.40 bits per heavy atom. The van der Waals surface area contributed by atoms with Crippen LogP contribution in [-0.2, 0) is 11.3 Å². The summed E-state index contributed by atoms with van der Waals surface area (Å²) in [5.74, 6) is 0.428. The van der Waals surface area contributed by atoms with Gasteiger partial charge in [0.25, 0.3) is 0 Å². The second kappa shape index (κ2) is 8.12. The molecule has 1 aliphatic rings. The average Bonchev–Trinajstić information content (AvgIpc) is 2.46. The van der Waals surface area contributed by atoms with Gasteiger partial charge in [0.15, 0.2) is 0 Å². The van der Waals surface area contributed by atoms with Crippen molar-refractivity contribution in [2.45, 2.75) is 26.5 Å². The van der Waals surface area contributed by atoms with Crippen LogP contribution >= 0.6 is 12.4 Å². The van der Waals surface area contributed by atoms with Gasteiger partial charge in [-0.1, -0.05) is 44.2 Å². The summed E-state index contributed by atoms with van der Waals surface area (Å²) < 4.78 is 5.41. The predicted octanol–water partition coefficient (Wildman–Crippen LogP) is 2.67. The molecule has 1 unspecified atom stereocenters. The van der Waals surface area contributed by atoms with Crippen molar-refractivity contribution in [2.75, 3.05) is 19.6 Å². The number of halogens is 1. The standard InChI is InChI=1S/C15H22N2O2.ClH/c1-12(2)14-10-16-8-9-17(14)15(18)19-11-13-6-4-3-5-7-13;/h3-7,12,14,16H,8-11H2,1-2H3;1H. The number of rotatable bonds is 3. The fraction of sp³-hybridized carbons (Fsp3) is 0.533. The van der Waals surface area contributed by atoms with E-state index in [1.54, 1.807) is 0 Å². The van der Waals surface area contributed by atoms with E-state index >= 15 is 0 Å². The van der Waals surface area contributed by atoms with Crippen LogP contribution in [0.4, 0.5) is 4.79 Å². The fourth-order valence-corrected chi connectivity index (χ4v) is 2.35. The lowest BCUT2D eigenvalue weighted by atomic mass is 10.0. The van der Waals surface area contributed by atoms with E-state index in [1.807, 2.05) is 35.2 Å². The number of carbonyl (C=O) groups excluding carboxylic acids is 1. The maximum atomic E-state index is 12.2. The molecule has 1 saturated heterocycles. The zero-order valence-corrected chi connectivity index (χ0v) is 12.9. The number of nitrogens with one attached hydrogen (secondary N) is 1. The SMILES string of the molecule is CC(C)C1CNCCN1C(=O)OCc1ccccc1.Cl. The van der Waals surface area contributed by atoms with Crippen LogP contribution in [0.5, 0.6) is 0 Å². The molecule has 1 fully saturated rings. The maximum Gasteiger partial charge on any atom is 0.410 e. The van der Waals surface area contributed by atoms with Crippen LogP contribution in [0.2, 0.25) is 0 Å². The molecule has 0 bridgehead atoms. The molecule has 1 atom stereocenters. The van der Waals surface area contributed by atoms with Gasteiger partial charge in [0.1, 0.15) is 6.61 Å². The number of hydrogen-bond acceptors (Lipinski definition) is 3. The molecule has 0 aromatic heterocycles. The van der Waals surface area contributed by atoms with Gasteiger partial charge >= 0.3 is 6.09 Å². The Balaban J connectivity index is 0.00000200. The van der Waals surface area contributed by atoms with E-state index in [0.717, 1.165) is 25.2 Å². The number of hydrogen-bond donors (Lipinski definition) is 1. The number of amides is 1. The number of nitrogens with zero attached hydrogens (tertiary/aromatic N) is 1. The van der Waals surface area contributed by atoms with Crippen LogP contribution in [0.15, 0.2) is 30.3 Å². The number of piperazine rings is 1. The first kappa shape index (κ1) is 16.8. The van der Waals surface area contributed by atoms with Crippen LogP contribution in [0.3, 0.4) is 0 Å². The summed E-state index contributed by atoms with van der Waals surface area (Å²) in [5, 5.41) is 3.33. The molecule has 1 heterocycles. The molecule has 5 heteroatoms. The van der Waals surface area contributed by atoms with Crippen molar-refractivity contribution >= 4 is 18.5 Å². The normalized spacial score (nSPS) is 18.6. The summed E-state index contributed by atoms with van der Waals surface area (Å²) >= 11 is 0. The summed E-state index contributed by atoms with van der Waals surface area (Å²) in [6.45, 7) is 7.01. The zero-order valence-electron chi connectivity index (χ0n) is 12.0. The smallest absolute Gasteiger partial charge is 0.410 e. The third kappa shape index (κ3) is 4.39. The number of benzene rings is 1. The van der Waals surface area contributed by atoms with Crippen molar-refractivity contribution < 1.29 is 9.53 Å². The molecular formula is C15H23ClN2O2. The van der Waals surface area contributed by atoms with Gasteiger partial charge in [0.05, 0.1) is 0 Å². The summed E-state index contributed by atoms with van der Waals surface area (Å²) in [6, 6.07) is 10.00. The number of carbonyl (C=O) groups is 1. The van der Waals surface area contributed by atoms with Gasteiger partial charge in [0, 0.05) is 25.7 Å². The van der Waals surface area contributed by atoms with E-state index in [2.05, 4.69) is 19.2 Å². The van der Waals surface area contributed by atoms with Gasteiger partial charge in [-0.05, 0) is 11.5 Å². The highest BCUT2D eigenvalue weighted by atomic mass is 35.5. The Hall–Kier alpha value is -1.26. The lowest BCUT2D eigenvalue weighted by Gasteiger charge is -2.37. The molecule has 112 valence electrons. The van der Waals surface area contributed by atoms with Gasteiger partial charge in [-0.2, -0.15) is 0 Å². The summed E-state index contributed by atoms with van der Waals surface area (Å²) in [4.78, 5) is 14.0. The monoisotopic (exact) mass is 298 g/mol. The Bertz CT molecular complexity index is 412. The molecule has 1 aliphatic heterocycles. The van der Waals surface area contributed by atoms with E-state index in [4.69, 9.17) is 4.74 Å². The van der Waals surface area contributed by atoms with E-state index in [0.29, 0.717) is 12.5 Å². The highest BCUT2D eigenvalue weighted by Gasteiger charge is 2.29. The third-order valence-corrected chi connectivity index (χ3v) is 3.49. The van der Waals surface area contributed by atoms with Crippen molar-refractivity contribution in [1.29, 1.82) is 0 Å². The van der Waals surface area contributed by atoms with Crippen LogP contribution in [0.25, 0.3) is 0 Å². The summed E-state index contributed by atoms with van der Waals surface area (Å²) in [6.07, 6.45) is -0.205. The fourth-order valence-electron chi connectivity index (χ4n) is 2.35. The predicted molar refractivity (Wildman–Crippen MR) is 82.1 cm³/mol. The minimum atomic E-state index is -0.205. The summed E-state index contributed by atoms with van der Waals surface area (Å²) in [7, 11) is 0. The van der Waals surface area contributed by atoms with Crippen LogP contribution in [0, 0.1) is 5.92 Å². The van der Waals surface area contributed by atoms with Crippen molar-refractivity contribution in [3.05, 3.63) is 35.9 Å². The van der Waals surface area contributed by atoms with E-state index in [9.17, 15) is 4.79 Å². The Morgan fingerprint density at radius 2 is 2.10 bits per heavy atom. The second-order valence-electron chi connectivity index (χ2n) is 5.25. The van der Waals surface area contributed by atoms with E-state index in [-0.39, 0.29) is 24.5 Å². The molecule has 20 heavy (non-hydrogen) atoms. The summed E-state index contributed by atoms with van der Waals surface area (Å²) in [5.41, 5.74) is 1.02. The van der Waals surface area contributed by atoms with E-state index in [1.165, 1.54) is 0 Å². The Kier molecular flexibility index (Phi) is 6.82. The molecule has 1 aromatic rings. The van der Waals surface area contributed by atoms with Gasteiger partial charge in [-0.15, -0.1) is 12.4 Å². The lowest BCUT2D eigenvalue weighted by Crippen LogP contribution is -2.55.